The molecule has 8 nitrogen and oxygen atoms in total. The number of hydrogen-bond acceptors (Lipinski definition) is 5. The summed E-state index contributed by atoms with van der Waals surface area (Å²) in [6.45, 7) is 10.9. The molecule has 0 spiro atoms. The highest BCUT2D eigenvalue weighted by Gasteiger charge is 2.34. The number of sulfonamides is 1. The number of amides is 2. The second kappa shape index (κ2) is 14.6. The van der Waals surface area contributed by atoms with Crippen LogP contribution >= 0.6 is 0 Å². The van der Waals surface area contributed by atoms with Gasteiger partial charge in [0.15, 0.2) is 0 Å². The molecular formula is C37H43N3O5S. The predicted molar refractivity (Wildman–Crippen MR) is 182 cm³/mol. The molecule has 0 aliphatic carbocycles. The molecule has 1 atom stereocenters. The molecule has 242 valence electrons. The van der Waals surface area contributed by atoms with Crippen molar-refractivity contribution in [2.24, 2.45) is 0 Å². The quantitative estimate of drug-likeness (QED) is 0.180. The van der Waals surface area contributed by atoms with Gasteiger partial charge in [-0.1, -0.05) is 67.1 Å². The summed E-state index contributed by atoms with van der Waals surface area (Å²) in [5.74, 6) is 0.354. The highest BCUT2D eigenvalue weighted by Crippen LogP contribution is 2.29. The van der Waals surface area contributed by atoms with Crippen molar-refractivity contribution in [2.75, 3.05) is 10.8 Å². The third-order valence-electron chi connectivity index (χ3n) is 7.48. The van der Waals surface area contributed by atoms with Crippen LogP contribution in [0.25, 0.3) is 0 Å². The zero-order valence-corrected chi connectivity index (χ0v) is 28.2. The van der Waals surface area contributed by atoms with Crippen LogP contribution in [0.3, 0.4) is 0 Å². The van der Waals surface area contributed by atoms with E-state index in [0.29, 0.717) is 17.9 Å². The standard InChI is InChI=1S/C37H43N3O5S/c1-7-34(36(42)38-37(4,5)6)39(25-29-14-12-11-13-28(29)3)35(41)26-40(46(43,44)33-23-17-27(2)18-24-33)30-19-21-32(22-20-30)45-31-15-9-8-10-16-31/h8-24,34H,7,25-26H2,1-6H3,(H,38,42). The van der Waals surface area contributed by atoms with Crippen LogP contribution in [-0.2, 0) is 26.2 Å². The van der Waals surface area contributed by atoms with Crippen LogP contribution in [0, 0.1) is 13.8 Å². The summed E-state index contributed by atoms with van der Waals surface area (Å²) in [6, 6.07) is 29.2. The maximum atomic E-state index is 14.4. The fourth-order valence-electron chi connectivity index (χ4n) is 5.01. The van der Waals surface area contributed by atoms with Crippen LogP contribution in [-0.4, -0.2) is 43.3 Å². The molecule has 46 heavy (non-hydrogen) atoms. The normalized spacial score (nSPS) is 12.2. The molecule has 4 rings (SSSR count). The number of nitrogens with zero attached hydrogens (tertiary/aromatic N) is 2. The fraction of sp³-hybridized carbons (Fsp3) is 0.297. The smallest absolute Gasteiger partial charge is 0.264 e. The summed E-state index contributed by atoms with van der Waals surface area (Å²) >= 11 is 0. The Balaban J connectivity index is 1.74. The maximum Gasteiger partial charge on any atom is 0.264 e. The van der Waals surface area contributed by atoms with Crippen molar-refractivity contribution in [2.45, 2.75) is 71.0 Å². The minimum absolute atomic E-state index is 0.0542. The molecule has 0 aliphatic heterocycles. The lowest BCUT2D eigenvalue weighted by Crippen LogP contribution is -2.55. The number of anilines is 1. The summed E-state index contributed by atoms with van der Waals surface area (Å²) in [7, 11) is -4.19. The monoisotopic (exact) mass is 641 g/mol. The number of carbonyl (C=O) groups is 2. The Morgan fingerprint density at radius 2 is 1.39 bits per heavy atom. The van der Waals surface area contributed by atoms with Crippen LogP contribution in [0.5, 0.6) is 11.5 Å². The molecule has 0 radical (unpaired) electrons. The zero-order valence-electron chi connectivity index (χ0n) is 27.4. The van der Waals surface area contributed by atoms with Gasteiger partial charge in [0, 0.05) is 12.1 Å². The topological polar surface area (TPSA) is 96.0 Å². The molecule has 2 amide bonds. The molecular weight excluding hydrogens is 598 g/mol. The number of carbonyl (C=O) groups excluding carboxylic acids is 2. The lowest BCUT2D eigenvalue weighted by Gasteiger charge is -2.35. The highest BCUT2D eigenvalue weighted by molar-refractivity contribution is 7.92. The number of ether oxygens (including phenoxy) is 1. The molecule has 1 unspecified atom stereocenters. The van der Waals surface area contributed by atoms with Gasteiger partial charge in [-0.25, -0.2) is 8.42 Å². The molecule has 9 heteroatoms. The molecule has 4 aromatic rings. The first-order valence-electron chi connectivity index (χ1n) is 15.4. The van der Waals surface area contributed by atoms with Gasteiger partial charge in [0.05, 0.1) is 10.6 Å². The minimum Gasteiger partial charge on any atom is -0.457 e. The average Bonchev–Trinajstić information content (AvgIpc) is 3.01. The maximum absolute atomic E-state index is 14.4. The molecule has 0 bridgehead atoms. The van der Waals surface area contributed by atoms with E-state index in [1.807, 2.05) is 96.1 Å². The Bertz CT molecular complexity index is 1730. The van der Waals surface area contributed by atoms with Gasteiger partial charge < -0.3 is 15.0 Å². The first-order chi connectivity index (χ1) is 21.8. The van der Waals surface area contributed by atoms with E-state index in [1.54, 1.807) is 36.4 Å². The third kappa shape index (κ3) is 8.75. The Kier molecular flexibility index (Phi) is 10.9. The molecule has 0 aromatic heterocycles. The lowest BCUT2D eigenvalue weighted by atomic mass is 10.0. The van der Waals surface area contributed by atoms with Gasteiger partial charge in [0.1, 0.15) is 24.1 Å². The number of para-hydroxylation sites is 1. The molecule has 0 heterocycles. The van der Waals surface area contributed by atoms with Crippen LogP contribution < -0.4 is 14.4 Å². The van der Waals surface area contributed by atoms with Crippen LogP contribution in [0.4, 0.5) is 5.69 Å². The minimum atomic E-state index is -4.19. The van der Waals surface area contributed by atoms with E-state index in [9.17, 15) is 18.0 Å². The van der Waals surface area contributed by atoms with Gasteiger partial charge in [0.25, 0.3) is 10.0 Å². The summed E-state index contributed by atoms with van der Waals surface area (Å²) in [6.07, 6.45) is 0.343. The number of aryl methyl sites for hydroxylation is 2. The second-order valence-corrected chi connectivity index (χ2v) is 14.2. The van der Waals surface area contributed by atoms with Gasteiger partial charge in [-0.15, -0.1) is 0 Å². The van der Waals surface area contributed by atoms with Crippen LogP contribution in [0.1, 0.15) is 50.8 Å². The summed E-state index contributed by atoms with van der Waals surface area (Å²) in [4.78, 5) is 29.5. The number of nitrogens with one attached hydrogen (secondary N) is 1. The van der Waals surface area contributed by atoms with E-state index >= 15 is 0 Å². The molecule has 0 aliphatic rings. The molecule has 0 saturated heterocycles. The number of rotatable bonds is 12. The first kappa shape index (κ1) is 34.2. The first-order valence-corrected chi connectivity index (χ1v) is 16.8. The van der Waals surface area contributed by atoms with Gasteiger partial charge >= 0.3 is 0 Å². The van der Waals surface area contributed by atoms with Gasteiger partial charge in [-0.2, -0.15) is 0 Å². The largest absolute Gasteiger partial charge is 0.457 e. The van der Waals surface area contributed by atoms with Crippen LogP contribution in [0.15, 0.2) is 108 Å². The molecule has 0 fully saturated rings. The Labute approximate surface area is 273 Å². The Hall–Kier alpha value is -4.63. The summed E-state index contributed by atoms with van der Waals surface area (Å²) in [5.41, 5.74) is 2.51. The zero-order chi connectivity index (χ0) is 33.5. The van der Waals surface area contributed by atoms with Gasteiger partial charge in [-0.3, -0.25) is 13.9 Å². The summed E-state index contributed by atoms with van der Waals surface area (Å²) in [5, 5.41) is 3.00. The van der Waals surface area contributed by atoms with E-state index in [4.69, 9.17) is 4.74 Å². The van der Waals surface area contributed by atoms with Crippen molar-refractivity contribution in [1.82, 2.24) is 10.2 Å². The van der Waals surface area contributed by atoms with Crippen molar-refractivity contribution >= 4 is 27.5 Å². The van der Waals surface area contributed by atoms with Crippen molar-refractivity contribution in [3.8, 4) is 11.5 Å². The Morgan fingerprint density at radius 1 is 0.804 bits per heavy atom. The van der Waals surface area contributed by atoms with Crippen molar-refractivity contribution in [3.63, 3.8) is 0 Å². The SMILES string of the molecule is CCC(C(=O)NC(C)(C)C)N(Cc1ccccc1C)C(=O)CN(c1ccc(Oc2ccccc2)cc1)S(=O)(=O)c1ccc(C)cc1. The van der Waals surface area contributed by atoms with Gasteiger partial charge in [-0.05, 0) is 101 Å². The number of benzene rings is 4. The fourth-order valence-corrected chi connectivity index (χ4v) is 6.43. The lowest BCUT2D eigenvalue weighted by molar-refractivity contribution is -0.141. The second-order valence-electron chi connectivity index (χ2n) is 12.3. The van der Waals surface area contributed by atoms with Crippen molar-refractivity contribution < 1.29 is 22.7 Å². The highest BCUT2D eigenvalue weighted by atomic mass is 32.2. The average molecular weight is 642 g/mol. The van der Waals surface area contributed by atoms with Crippen molar-refractivity contribution in [1.29, 1.82) is 0 Å². The Morgan fingerprint density at radius 3 is 1.98 bits per heavy atom. The molecule has 0 saturated carbocycles. The predicted octanol–water partition coefficient (Wildman–Crippen LogP) is 7.01. The van der Waals surface area contributed by atoms with Crippen LogP contribution in [0.2, 0.25) is 0 Å². The number of hydrogen-bond donors (Lipinski definition) is 1. The molecule has 1 N–H and O–H groups in total. The van der Waals surface area contributed by atoms with E-state index in [1.165, 1.54) is 17.0 Å². The van der Waals surface area contributed by atoms with E-state index in [2.05, 4.69) is 5.32 Å². The molecule has 4 aromatic carbocycles. The van der Waals surface area contributed by atoms with E-state index < -0.39 is 34.1 Å². The van der Waals surface area contributed by atoms with Gasteiger partial charge in [0.2, 0.25) is 11.8 Å². The van der Waals surface area contributed by atoms with E-state index in [0.717, 1.165) is 21.0 Å². The third-order valence-corrected chi connectivity index (χ3v) is 9.27. The van der Waals surface area contributed by atoms with Crippen molar-refractivity contribution in [3.05, 3.63) is 120 Å². The van der Waals surface area contributed by atoms with E-state index in [-0.39, 0.29) is 23.0 Å². The summed E-state index contributed by atoms with van der Waals surface area (Å²) < 4.78 is 35.4.